The summed E-state index contributed by atoms with van der Waals surface area (Å²) in [6.07, 6.45) is 3.80. The molecular formula is C21H18N4O3S. The summed E-state index contributed by atoms with van der Waals surface area (Å²) >= 11 is 0. The predicted molar refractivity (Wildman–Crippen MR) is 112 cm³/mol. The van der Waals surface area contributed by atoms with E-state index in [2.05, 4.69) is 15.0 Å². The Morgan fingerprint density at radius 3 is 2.48 bits per heavy atom. The number of carbonyl (C=O) groups is 1. The van der Waals surface area contributed by atoms with Crippen LogP contribution < -0.4 is 10.0 Å². The van der Waals surface area contributed by atoms with Gasteiger partial charge in [-0.2, -0.15) is 0 Å². The number of benzene rings is 2. The Morgan fingerprint density at radius 1 is 0.966 bits per heavy atom. The number of hydrogen-bond donors (Lipinski definition) is 2. The molecule has 0 aliphatic carbocycles. The fourth-order valence-corrected chi connectivity index (χ4v) is 4.00. The molecule has 0 saturated carbocycles. The normalized spacial score (nSPS) is 11.3. The van der Waals surface area contributed by atoms with Gasteiger partial charge >= 0.3 is 0 Å². The molecule has 7 nitrogen and oxygen atoms in total. The first-order chi connectivity index (χ1) is 13.9. The number of amides is 1. The Kier molecular flexibility index (Phi) is 4.77. The number of anilines is 2. The lowest BCUT2D eigenvalue weighted by atomic mass is 10.1. The zero-order valence-corrected chi connectivity index (χ0v) is 16.3. The van der Waals surface area contributed by atoms with E-state index in [1.165, 1.54) is 19.1 Å². The Labute approximate surface area is 168 Å². The van der Waals surface area contributed by atoms with Gasteiger partial charge in [0, 0.05) is 36.3 Å². The van der Waals surface area contributed by atoms with Gasteiger partial charge in [0.2, 0.25) is 5.91 Å². The number of nitrogens with zero attached hydrogens (tertiary/aromatic N) is 2. The third-order valence-electron chi connectivity index (χ3n) is 4.26. The van der Waals surface area contributed by atoms with E-state index < -0.39 is 10.0 Å². The second-order valence-corrected chi connectivity index (χ2v) is 8.17. The molecule has 29 heavy (non-hydrogen) atoms. The van der Waals surface area contributed by atoms with E-state index in [0.29, 0.717) is 11.4 Å². The van der Waals surface area contributed by atoms with Crippen LogP contribution in [0.5, 0.6) is 0 Å². The number of nitrogens with one attached hydrogen (secondary N) is 2. The lowest BCUT2D eigenvalue weighted by molar-refractivity contribution is -0.114. The van der Waals surface area contributed by atoms with Crippen molar-refractivity contribution in [2.45, 2.75) is 11.8 Å². The summed E-state index contributed by atoms with van der Waals surface area (Å²) in [6, 6.07) is 18.8. The van der Waals surface area contributed by atoms with Crippen LogP contribution in [0.1, 0.15) is 6.92 Å². The second-order valence-electron chi connectivity index (χ2n) is 6.48. The van der Waals surface area contributed by atoms with E-state index in [0.717, 1.165) is 16.9 Å². The van der Waals surface area contributed by atoms with Crippen molar-refractivity contribution in [2.75, 3.05) is 10.0 Å². The fourth-order valence-electron chi connectivity index (χ4n) is 2.95. The van der Waals surface area contributed by atoms with Crippen molar-refractivity contribution in [3.63, 3.8) is 0 Å². The monoisotopic (exact) mass is 406 g/mol. The minimum atomic E-state index is -3.77. The van der Waals surface area contributed by atoms with E-state index >= 15 is 0 Å². The fraction of sp³-hybridized carbons (Fsp3) is 0.0476. The van der Waals surface area contributed by atoms with Gasteiger partial charge in [0.1, 0.15) is 5.65 Å². The number of pyridine rings is 1. The third kappa shape index (κ3) is 4.12. The second kappa shape index (κ2) is 7.40. The van der Waals surface area contributed by atoms with E-state index in [1.807, 2.05) is 41.1 Å². The van der Waals surface area contributed by atoms with Gasteiger partial charge in [0.15, 0.2) is 0 Å². The molecule has 8 heteroatoms. The van der Waals surface area contributed by atoms with Crippen LogP contribution in [0.15, 0.2) is 84.0 Å². The molecule has 0 atom stereocenters. The summed E-state index contributed by atoms with van der Waals surface area (Å²) in [6.45, 7) is 1.39. The molecule has 0 bridgehead atoms. The number of carbonyl (C=O) groups excluding carboxylic acids is 1. The molecule has 146 valence electrons. The topological polar surface area (TPSA) is 92.6 Å². The summed E-state index contributed by atoms with van der Waals surface area (Å²) < 4.78 is 29.9. The van der Waals surface area contributed by atoms with Crippen LogP contribution in [0.25, 0.3) is 16.9 Å². The summed E-state index contributed by atoms with van der Waals surface area (Å²) in [4.78, 5) is 15.8. The highest BCUT2D eigenvalue weighted by Gasteiger charge is 2.15. The number of sulfonamides is 1. The Bertz CT molecular complexity index is 1260. The third-order valence-corrected chi connectivity index (χ3v) is 5.66. The maximum atomic E-state index is 12.7. The quantitative estimate of drug-likeness (QED) is 0.528. The SMILES string of the molecule is CC(=O)Nc1ccc(S(=O)(=O)Nc2cccc(-c3cn4ccccc4n3)c2)cc1. The first-order valence-electron chi connectivity index (χ1n) is 8.85. The minimum Gasteiger partial charge on any atom is -0.326 e. The van der Waals surface area contributed by atoms with Crippen LogP contribution in [0.2, 0.25) is 0 Å². The van der Waals surface area contributed by atoms with Gasteiger partial charge in [0.25, 0.3) is 10.0 Å². The smallest absolute Gasteiger partial charge is 0.261 e. The highest BCUT2D eigenvalue weighted by Crippen LogP contribution is 2.24. The van der Waals surface area contributed by atoms with Crippen molar-refractivity contribution in [3.05, 3.63) is 79.1 Å². The highest BCUT2D eigenvalue weighted by molar-refractivity contribution is 7.92. The molecule has 4 rings (SSSR count). The van der Waals surface area contributed by atoms with E-state index in [9.17, 15) is 13.2 Å². The van der Waals surface area contributed by atoms with E-state index in [-0.39, 0.29) is 10.8 Å². The lowest BCUT2D eigenvalue weighted by Gasteiger charge is -2.10. The summed E-state index contributed by atoms with van der Waals surface area (Å²) in [5, 5.41) is 2.61. The van der Waals surface area contributed by atoms with Gasteiger partial charge in [-0.15, -0.1) is 0 Å². The standard InChI is InChI=1S/C21H18N4O3S/c1-15(26)22-17-8-10-19(11-9-17)29(27,28)24-18-6-4-5-16(13-18)20-14-25-12-3-2-7-21(25)23-20/h2-14,24H,1H3,(H,22,26). The van der Waals surface area contributed by atoms with Crippen molar-refractivity contribution >= 4 is 33.0 Å². The zero-order valence-electron chi connectivity index (χ0n) is 15.5. The maximum absolute atomic E-state index is 12.7. The molecule has 2 N–H and O–H groups in total. The molecule has 2 heterocycles. The van der Waals surface area contributed by atoms with Gasteiger partial charge in [0.05, 0.1) is 10.6 Å². The Hall–Kier alpha value is -3.65. The Morgan fingerprint density at radius 2 is 1.76 bits per heavy atom. The van der Waals surface area contributed by atoms with E-state index in [1.54, 1.807) is 30.3 Å². The molecule has 0 aliphatic rings. The molecule has 0 saturated heterocycles. The number of fused-ring (bicyclic) bond motifs is 1. The average molecular weight is 406 g/mol. The number of rotatable bonds is 5. The molecule has 0 radical (unpaired) electrons. The van der Waals surface area contributed by atoms with Crippen LogP contribution in [-0.4, -0.2) is 23.7 Å². The van der Waals surface area contributed by atoms with Crippen LogP contribution in [0.4, 0.5) is 11.4 Å². The van der Waals surface area contributed by atoms with Crippen molar-refractivity contribution in [2.24, 2.45) is 0 Å². The number of imidazole rings is 1. The van der Waals surface area contributed by atoms with Gasteiger partial charge in [-0.05, 0) is 48.5 Å². The maximum Gasteiger partial charge on any atom is 0.261 e. The zero-order chi connectivity index (χ0) is 20.4. The van der Waals surface area contributed by atoms with Crippen LogP contribution >= 0.6 is 0 Å². The van der Waals surface area contributed by atoms with Gasteiger partial charge < -0.3 is 9.72 Å². The molecule has 2 aromatic carbocycles. The summed E-state index contributed by atoms with van der Waals surface area (Å²) in [7, 11) is -3.77. The van der Waals surface area contributed by atoms with Crippen LogP contribution in [0, 0.1) is 0 Å². The molecule has 4 aromatic rings. The molecule has 0 fully saturated rings. The lowest BCUT2D eigenvalue weighted by Crippen LogP contribution is -2.13. The van der Waals surface area contributed by atoms with E-state index in [4.69, 9.17) is 0 Å². The predicted octanol–water partition coefficient (Wildman–Crippen LogP) is 3.76. The summed E-state index contributed by atoms with van der Waals surface area (Å²) in [5.74, 6) is -0.220. The van der Waals surface area contributed by atoms with Crippen molar-refractivity contribution in [1.29, 1.82) is 0 Å². The average Bonchev–Trinajstić information content (AvgIpc) is 3.12. The Balaban J connectivity index is 1.59. The molecule has 1 amide bonds. The summed E-state index contributed by atoms with van der Waals surface area (Å²) in [5.41, 5.74) is 3.33. The first kappa shape index (κ1) is 18.7. The highest BCUT2D eigenvalue weighted by atomic mass is 32.2. The molecule has 0 unspecified atom stereocenters. The van der Waals surface area contributed by atoms with Gasteiger partial charge in [-0.3, -0.25) is 9.52 Å². The molecular weight excluding hydrogens is 388 g/mol. The van der Waals surface area contributed by atoms with Gasteiger partial charge in [-0.1, -0.05) is 18.2 Å². The molecule has 2 aromatic heterocycles. The van der Waals surface area contributed by atoms with Crippen molar-refractivity contribution < 1.29 is 13.2 Å². The number of hydrogen-bond acceptors (Lipinski definition) is 4. The molecule has 0 aliphatic heterocycles. The first-order valence-corrected chi connectivity index (χ1v) is 10.3. The minimum absolute atomic E-state index is 0.102. The van der Waals surface area contributed by atoms with Crippen LogP contribution in [-0.2, 0) is 14.8 Å². The van der Waals surface area contributed by atoms with Crippen molar-refractivity contribution in [1.82, 2.24) is 9.38 Å². The van der Waals surface area contributed by atoms with Crippen molar-refractivity contribution in [3.8, 4) is 11.3 Å². The number of aromatic nitrogens is 2. The largest absolute Gasteiger partial charge is 0.326 e. The van der Waals surface area contributed by atoms with Crippen LogP contribution in [0.3, 0.4) is 0 Å². The molecule has 0 spiro atoms. The van der Waals surface area contributed by atoms with Gasteiger partial charge in [-0.25, -0.2) is 13.4 Å².